The number of piperidine rings is 1. The zero-order chi connectivity index (χ0) is 20.4. The second-order valence-electron chi connectivity index (χ2n) is 8.55. The number of nitrogens with two attached hydrogens (primary N) is 1. The lowest BCUT2D eigenvalue weighted by molar-refractivity contribution is 0.100. The van der Waals surface area contributed by atoms with Crippen LogP contribution in [0, 0.1) is 12.8 Å². The fourth-order valence-electron chi connectivity index (χ4n) is 5.48. The maximum absolute atomic E-state index is 11.8. The van der Waals surface area contributed by atoms with Gasteiger partial charge < -0.3 is 10.7 Å². The summed E-state index contributed by atoms with van der Waals surface area (Å²) in [7, 11) is 0. The van der Waals surface area contributed by atoms with Crippen molar-refractivity contribution in [2.24, 2.45) is 11.7 Å². The number of hydrogen-bond acceptors (Lipinski definition) is 5. The lowest BCUT2D eigenvalue weighted by Crippen LogP contribution is -2.39. The summed E-state index contributed by atoms with van der Waals surface area (Å²) in [6.07, 6.45) is 5.51. The summed E-state index contributed by atoms with van der Waals surface area (Å²) in [6.45, 7) is 2.02. The second kappa shape index (κ2) is 6.37. The Labute approximate surface area is 174 Å². The van der Waals surface area contributed by atoms with Crippen LogP contribution in [0.2, 0.25) is 0 Å². The largest absolute Gasteiger partial charge is 0.366 e. The number of primary amides is 1. The van der Waals surface area contributed by atoms with E-state index in [2.05, 4.69) is 33.6 Å². The first kappa shape index (κ1) is 17.6. The van der Waals surface area contributed by atoms with Crippen molar-refractivity contribution >= 4 is 22.4 Å². The van der Waals surface area contributed by atoms with Gasteiger partial charge in [-0.1, -0.05) is 6.07 Å². The summed E-state index contributed by atoms with van der Waals surface area (Å²) in [5, 5.41) is 3.35. The maximum atomic E-state index is 11.8. The molecule has 1 amide bonds. The van der Waals surface area contributed by atoms with Gasteiger partial charge in [-0.05, 0) is 68.1 Å². The SMILES string of the molecule is Cc1cccc(C2NN3C(=C2c2ccnc4ccc(C(N)=O)cc24)[C@H]2CC[C@@H]3C2)n1. The number of aromatic nitrogens is 2. The van der Waals surface area contributed by atoms with Crippen molar-refractivity contribution in [3.8, 4) is 0 Å². The Bertz CT molecular complexity index is 1230. The summed E-state index contributed by atoms with van der Waals surface area (Å²) in [4.78, 5) is 21.2. The van der Waals surface area contributed by atoms with Gasteiger partial charge in [0, 0.05) is 46.1 Å². The number of aryl methyl sites for hydroxylation is 1. The van der Waals surface area contributed by atoms with Gasteiger partial charge in [-0.15, -0.1) is 0 Å². The van der Waals surface area contributed by atoms with Gasteiger partial charge in [-0.2, -0.15) is 0 Å². The van der Waals surface area contributed by atoms with Gasteiger partial charge in [0.2, 0.25) is 5.91 Å². The molecule has 1 saturated carbocycles. The van der Waals surface area contributed by atoms with Gasteiger partial charge in [-0.25, -0.2) is 5.43 Å². The van der Waals surface area contributed by atoms with E-state index in [0.717, 1.165) is 27.9 Å². The molecule has 3 N–H and O–H groups in total. The molecule has 6 heteroatoms. The van der Waals surface area contributed by atoms with E-state index in [0.29, 0.717) is 17.5 Å². The van der Waals surface area contributed by atoms with E-state index >= 15 is 0 Å². The van der Waals surface area contributed by atoms with Gasteiger partial charge in [0.15, 0.2) is 0 Å². The Kier molecular flexibility index (Phi) is 3.74. The van der Waals surface area contributed by atoms with Gasteiger partial charge in [0.05, 0.1) is 17.3 Å². The minimum Gasteiger partial charge on any atom is -0.366 e. The smallest absolute Gasteiger partial charge is 0.248 e. The van der Waals surface area contributed by atoms with Crippen molar-refractivity contribution in [2.45, 2.75) is 38.3 Å². The molecule has 30 heavy (non-hydrogen) atoms. The summed E-state index contributed by atoms with van der Waals surface area (Å²) in [5.41, 5.74) is 16.5. The molecule has 150 valence electrons. The van der Waals surface area contributed by atoms with E-state index in [4.69, 9.17) is 10.7 Å². The number of carbonyl (C=O) groups is 1. The predicted molar refractivity (Wildman–Crippen MR) is 115 cm³/mol. The fraction of sp³-hybridized carbons (Fsp3) is 0.292. The number of rotatable bonds is 3. The highest BCUT2D eigenvalue weighted by molar-refractivity contribution is 6.00. The van der Waals surface area contributed by atoms with E-state index in [-0.39, 0.29) is 6.04 Å². The monoisotopic (exact) mass is 397 g/mol. The molecule has 3 aliphatic rings. The van der Waals surface area contributed by atoms with E-state index < -0.39 is 5.91 Å². The van der Waals surface area contributed by atoms with Crippen molar-refractivity contribution in [2.75, 3.05) is 0 Å². The highest BCUT2D eigenvalue weighted by Crippen LogP contribution is 2.53. The van der Waals surface area contributed by atoms with Gasteiger partial charge in [0.1, 0.15) is 0 Å². The van der Waals surface area contributed by atoms with Crippen LogP contribution in [-0.2, 0) is 0 Å². The molecule has 0 radical (unpaired) electrons. The first-order valence-electron chi connectivity index (χ1n) is 10.5. The Morgan fingerprint density at radius 1 is 1.20 bits per heavy atom. The number of amides is 1. The fourth-order valence-corrected chi connectivity index (χ4v) is 5.48. The van der Waals surface area contributed by atoms with Crippen molar-refractivity contribution in [1.82, 2.24) is 20.4 Å². The minimum absolute atomic E-state index is 0.0221. The van der Waals surface area contributed by atoms with Crippen LogP contribution in [0.5, 0.6) is 0 Å². The molecular formula is C24H23N5O. The molecular weight excluding hydrogens is 374 g/mol. The van der Waals surface area contributed by atoms with Crippen molar-refractivity contribution in [3.63, 3.8) is 0 Å². The van der Waals surface area contributed by atoms with Crippen LogP contribution in [-0.4, -0.2) is 26.9 Å². The van der Waals surface area contributed by atoms with Crippen LogP contribution in [0.25, 0.3) is 16.5 Å². The van der Waals surface area contributed by atoms with Gasteiger partial charge in [-0.3, -0.25) is 14.8 Å². The molecule has 6 nitrogen and oxygen atoms in total. The number of nitrogens with one attached hydrogen (secondary N) is 1. The Balaban J connectivity index is 1.61. The van der Waals surface area contributed by atoms with Crippen molar-refractivity contribution < 1.29 is 4.79 Å². The molecule has 2 fully saturated rings. The van der Waals surface area contributed by atoms with Crippen LogP contribution < -0.4 is 11.2 Å². The zero-order valence-corrected chi connectivity index (χ0v) is 16.8. The number of pyridine rings is 2. The summed E-state index contributed by atoms with van der Waals surface area (Å²) >= 11 is 0. The number of hydrogen-bond donors (Lipinski definition) is 2. The van der Waals surface area contributed by atoms with E-state index in [1.54, 1.807) is 6.07 Å². The summed E-state index contributed by atoms with van der Waals surface area (Å²) < 4.78 is 0. The second-order valence-corrected chi connectivity index (χ2v) is 8.55. The first-order valence-corrected chi connectivity index (χ1v) is 10.5. The quantitative estimate of drug-likeness (QED) is 0.707. The average Bonchev–Trinajstić information content (AvgIpc) is 3.45. The van der Waals surface area contributed by atoms with Crippen LogP contribution in [0.15, 0.2) is 54.4 Å². The summed E-state index contributed by atoms with van der Waals surface area (Å²) in [6, 6.07) is 14.3. The topological polar surface area (TPSA) is 84.1 Å². The Morgan fingerprint density at radius 2 is 2.10 bits per heavy atom. The van der Waals surface area contributed by atoms with Crippen LogP contribution in [0.4, 0.5) is 0 Å². The predicted octanol–water partition coefficient (Wildman–Crippen LogP) is 3.49. The number of nitrogens with zero attached hydrogens (tertiary/aromatic N) is 3. The highest BCUT2D eigenvalue weighted by atomic mass is 16.1. The molecule has 2 aromatic heterocycles. The average molecular weight is 397 g/mol. The molecule has 1 aliphatic carbocycles. The molecule has 6 rings (SSSR count). The number of benzene rings is 1. The lowest BCUT2D eigenvalue weighted by Gasteiger charge is -2.27. The number of allylic oxidation sites excluding steroid dienone is 1. The molecule has 2 aliphatic heterocycles. The molecule has 0 spiro atoms. The number of carbonyl (C=O) groups excluding carboxylic acids is 1. The summed E-state index contributed by atoms with van der Waals surface area (Å²) in [5.74, 6) is 0.141. The van der Waals surface area contributed by atoms with Crippen LogP contribution in [0.1, 0.15) is 52.6 Å². The molecule has 1 unspecified atom stereocenters. The Hall–Kier alpha value is -3.25. The third-order valence-corrected chi connectivity index (χ3v) is 6.77. The van der Waals surface area contributed by atoms with Crippen molar-refractivity contribution in [1.29, 1.82) is 0 Å². The standard InChI is InChI=1S/C24H23N5O/c1-13-3-2-4-20(27-13)22-21(23-14-5-7-16(11-14)29(23)28-22)17-9-10-26-19-8-6-15(24(25)30)12-18(17)19/h2-4,6,8-10,12,14,16,22,28H,5,7,11H2,1H3,(H2,25,30)/t14-,16+,22?/m0/s1. The lowest BCUT2D eigenvalue weighted by atomic mass is 9.88. The molecule has 3 atom stereocenters. The van der Waals surface area contributed by atoms with E-state index in [1.807, 2.05) is 31.3 Å². The third kappa shape index (κ3) is 2.50. The van der Waals surface area contributed by atoms with Crippen molar-refractivity contribution in [3.05, 3.63) is 76.9 Å². The van der Waals surface area contributed by atoms with E-state index in [9.17, 15) is 4.79 Å². The molecule has 1 aromatic carbocycles. The van der Waals surface area contributed by atoms with Gasteiger partial charge in [0.25, 0.3) is 0 Å². The molecule has 2 bridgehead atoms. The normalized spacial score (nSPS) is 24.7. The van der Waals surface area contributed by atoms with E-state index in [1.165, 1.54) is 30.5 Å². The highest BCUT2D eigenvalue weighted by Gasteiger charge is 2.49. The first-order chi connectivity index (χ1) is 14.6. The maximum Gasteiger partial charge on any atom is 0.248 e. The third-order valence-electron chi connectivity index (χ3n) is 6.77. The zero-order valence-electron chi connectivity index (χ0n) is 16.8. The molecule has 1 saturated heterocycles. The molecule has 3 aromatic rings. The van der Waals surface area contributed by atoms with Crippen LogP contribution >= 0.6 is 0 Å². The number of hydrazine groups is 1. The molecule has 4 heterocycles. The minimum atomic E-state index is -0.424. The number of fused-ring (bicyclic) bond motifs is 6. The Morgan fingerprint density at radius 3 is 2.93 bits per heavy atom. The van der Waals surface area contributed by atoms with Crippen LogP contribution in [0.3, 0.4) is 0 Å². The van der Waals surface area contributed by atoms with Gasteiger partial charge >= 0.3 is 0 Å².